The molecule has 2 aromatic rings. The highest BCUT2D eigenvalue weighted by Gasteiger charge is 2.19. The van der Waals surface area contributed by atoms with E-state index in [0.717, 1.165) is 18.2 Å². The summed E-state index contributed by atoms with van der Waals surface area (Å²) in [7, 11) is 0. The van der Waals surface area contributed by atoms with E-state index in [2.05, 4.69) is 5.32 Å². The van der Waals surface area contributed by atoms with E-state index in [1.54, 1.807) is 0 Å². The van der Waals surface area contributed by atoms with Crippen LogP contribution in [0, 0.1) is 29.1 Å². The third-order valence-electron chi connectivity index (χ3n) is 3.10. The van der Waals surface area contributed by atoms with Crippen LogP contribution in [0.15, 0.2) is 30.3 Å². The van der Waals surface area contributed by atoms with E-state index in [9.17, 15) is 31.9 Å². The second-order valence-corrected chi connectivity index (χ2v) is 4.73. The van der Waals surface area contributed by atoms with Crippen molar-refractivity contribution in [3.8, 4) is 0 Å². The number of carbonyl (C=O) groups excluding carboxylic acids is 1. The van der Waals surface area contributed by atoms with Gasteiger partial charge in [-0.3, -0.25) is 0 Å². The molecule has 0 fully saturated rings. The molecule has 0 spiro atoms. The molecular weight excluding hydrogens is 335 g/mol. The molecule has 0 saturated carbocycles. The average molecular weight is 346 g/mol. The number of urea groups is 1. The van der Waals surface area contributed by atoms with Gasteiger partial charge in [0.1, 0.15) is 0 Å². The molecule has 0 aliphatic carbocycles. The van der Waals surface area contributed by atoms with Gasteiger partial charge in [0.15, 0.2) is 29.1 Å². The van der Waals surface area contributed by atoms with E-state index in [1.165, 1.54) is 0 Å². The van der Waals surface area contributed by atoms with Crippen molar-refractivity contribution in [2.24, 2.45) is 0 Å². The number of benzene rings is 2. The van der Waals surface area contributed by atoms with Crippen molar-refractivity contribution in [2.75, 3.05) is 11.9 Å². The maximum atomic E-state index is 13.4. The summed E-state index contributed by atoms with van der Waals surface area (Å²) in [5, 5.41) is 13.3. The number of anilines is 1. The van der Waals surface area contributed by atoms with Crippen LogP contribution in [-0.2, 0) is 0 Å². The summed E-state index contributed by atoms with van der Waals surface area (Å²) in [6.07, 6.45) is 0. The number of amides is 2. The van der Waals surface area contributed by atoms with Crippen molar-refractivity contribution in [2.45, 2.75) is 6.04 Å². The second-order valence-electron chi connectivity index (χ2n) is 4.73. The van der Waals surface area contributed by atoms with Crippen molar-refractivity contribution >= 4 is 11.7 Å². The van der Waals surface area contributed by atoms with Crippen molar-refractivity contribution in [3.05, 3.63) is 65.0 Å². The van der Waals surface area contributed by atoms with Crippen molar-refractivity contribution in [3.63, 3.8) is 0 Å². The van der Waals surface area contributed by atoms with Crippen LogP contribution >= 0.6 is 0 Å². The number of hydrogen-bond acceptors (Lipinski definition) is 2. The normalized spacial score (nSPS) is 11.9. The van der Waals surface area contributed by atoms with E-state index in [-0.39, 0.29) is 5.56 Å². The molecule has 3 N–H and O–H groups in total. The van der Waals surface area contributed by atoms with Gasteiger partial charge in [0, 0.05) is 0 Å². The minimum absolute atomic E-state index is 0.247. The van der Waals surface area contributed by atoms with Gasteiger partial charge in [0.2, 0.25) is 0 Å². The third-order valence-corrected chi connectivity index (χ3v) is 3.10. The van der Waals surface area contributed by atoms with Gasteiger partial charge in [-0.05, 0) is 29.8 Å². The zero-order valence-corrected chi connectivity index (χ0v) is 11.9. The molecule has 2 rings (SSSR count). The average Bonchev–Trinajstić information content (AvgIpc) is 2.54. The highest BCUT2D eigenvalue weighted by Crippen LogP contribution is 2.20. The van der Waals surface area contributed by atoms with Crippen molar-refractivity contribution in [1.82, 2.24) is 5.32 Å². The lowest BCUT2D eigenvalue weighted by atomic mass is 10.1. The smallest absolute Gasteiger partial charge is 0.319 e. The quantitative estimate of drug-likeness (QED) is 0.588. The van der Waals surface area contributed by atoms with Crippen LogP contribution in [0.5, 0.6) is 0 Å². The Morgan fingerprint density at radius 2 is 1.62 bits per heavy atom. The van der Waals surface area contributed by atoms with Gasteiger partial charge >= 0.3 is 6.03 Å². The van der Waals surface area contributed by atoms with E-state index in [0.29, 0.717) is 12.1 Å². The SMILES string of the molecule is O=C(Nc1cccc(F)c1F)NC(CO)c1cc(F)c(F)c(F)c1. The van der Waals surface area contributed by atoms with Crippen LogP contribution < -0.4 is 10.6 Å². The predicted octanol–water partition coefficient (Wildman–Crippen LogP) is 3.24. The molecule has 0 aliphatic rings. The maximum absolute atomic E-state index is 13.4. The Bertz CT molecular complexity index is 747. The van der Waals surface area contributed by atoms with Gasteiger partial charge in [-0.15, -0.1) is 0 Å². The molecular formula is C15H11F5N2O2. The molecule has 1 atom stereocenters. The topological polar surface area (TPSA) is 61.4 Å². The Morgan fingerprint density at radius 3 is 2.21 bits per heavy atom. The first-order valence-corrected chi connectivity index (χ1v) is 6.60. The Hall–Kier alpha value is -2.68. The van der Waals surface area contributed by atoms with Gasteiger partial charge in [0.05, 0.1) is 18.3 Å². The van der Waals surface area contributed by atoms with Gasteiger partial charge in [-0.2, -0.15) is 0 Å². The van der Waals surface area contributed by atoms with E-state index < -0.39 is 53.5 Å². The summed E-state index contributed by atoms with van der Waals surface area (Å²) in [5.74, 6) is -7.17. The first-order valence-electron chi connectivity index (χ1n) is 6.60. The number of nitrogens with one attached hydrogen (secondary N) is 2. The molecule has 0 bridgehead atoms. The summed E-state index contributed by atoms with van der Waals surface area (Å²) in [4.78, 5) is 11.8. The third kappa shape index (κ3) is 3.80. The lowest BCUT2D eigenvalue weighted by Crippen LogP contribution is -2.34. The van der Waals surface area contributed by atoms with Gasteiger partial charge < -0.3 is 15.7 Å². The monoisotopic (exact) mass is 346 g/mol. The van der Waals surface area contributed by atoms with Crippen molar-refractivity contribution in [1.29, 1.82) is 0 Å². The summed E-state index contributed by atoms with van der Waals surface area (Å²) in [6, 6.07) is 1.92. The van der Waals surface area contributed by atoms with E-state index in [4.69, 9.17) is 0 Å². The fraction of sp³-hybridized carbons (Fsp3) is 0.133. The summed E-state index contributed by atoms with van der Waals surface area (Å²) >= 11 is 0. The molecule has 4 nitrogen and oxygen atoms in total. The van der Waals surface area contributed by atoms with Crippen LogP contribution in [0.1, 0.15) is 11.6 Å². The van der Waals surface area contributed by atoms with E-state index in [1.807, 2.05) is 5.32 Å². The minimum Gasteiger partial charge on any atom is -0.394 e. The van der Waals surface area contributed by atoms with Crippen LogP contribution in [-0.4, -0.2) is 17.7 Å². The fourth-order valence-electron chi connectivity index (χ4n) is 1.93. The van der Waals surface area contributed by atoms with Gasteiger partial charge in [-0.1, -0.05) is 6.07 Å². The number of hydrogen-bond donors (Lipinski definition) is 3. The molecule has 2 aromatic carbocycles. The zero-order chi connectivity index (χ0) is 17.9. The second kappa shape index (κ2) is 7.26. The molecule has 0 radical (unpaired) electrons. The number of aliphatic hydroxyl groups is 1. The van der Waals surface area contributed by atoms with Crippen LogP contribution in [0.3, 0.4) is 0 Å². The molecule has 0 heterocycles. The number of aliphatic hydroxyl groups excluding tert-OH is 1. The molecule has 0 aliphatic heterocycles. The summed E-state index contributed by atoms with van der Waals surface area (Å²) < 4.78 is 65.8. The highest BCUT2D eigenvalue weighted by atomic mass is 19.2. The minimum atomic E-state index is -1.69. The Balaban J connectivity index is 2.15. The zero-order valence-electron chi connectivity index (χ0n) is 11.9. The highest BCUT2D eigenvalue weighted by molar-refractivity contribution is 5.89. The maximum Gasteiger partial charge on any atom is 0.319 e. The summed E-state index contributed by atoms with van der Waals surface area (Å²) in [5.41, 5.74) is -0.718. The van der Waals surface area contributed by atoms with Crippen LogP contribution in [0.4, 0.5) is 32.4 Å². The number of rotatable bonds is 4. The standard InChI is InChI=1S/C15H11F5N2O2/c16-8-2-1-3-11(14(8)20)21-15(24)22-12(6-23)7-4-9(17)13(19)10(18)5-7/h1-5,12,23H,6H2,(H2,21,22,24). The predicted molar refractivity (Wildman–Crippen MR) is 74.7 cm³/mol. The van der Waals surface area contributed by atoms with E-state index >= 15 is 0 Å². The fourth-order valence-corrected chi connectivity index (χ4v) is 1.93. The van der Waals surface area contributed by atoms with Gasteiger partial charge in [0.25, 0.3) is 0 Å². The Kier molecular flexibility index (Phi) is 5.35. The first kappa shape index (κ1) is 17.7. The first-order chi connectivity index (χ1) is 11.3. The molecule has 2 amide bonds. The number of carbonyl (C=O) groups is 1. The van der Waals surface area contributed by atoms with Crippen LogP contribution in [0.25, 0.3) is 0 Å². The molecule has 128 valence electrons. The number of halogens is 5. The molecule has 1 unspecified atom stereocenters. The van der Waals surface area contributed by atoms with Gasteiger partial charge in [-0.25, -0.2) is 26.7 Å². The largest absolute Gasteiger partial charge is 0.394 e. The lowest BCUT2D eigenvalue weighted by Gasteiger charge is -2.18. The molecule has 9 heteroatoms. The molecule has 0 saturated heterocycles. The molecule has 0 aromatic heterocycles. The summed E-state index contributed by atoms with van der Waals surface area (Å²) in [6.45, 7) is -0.774. The Labute approximate surface area is 132 Å². The Morgan fingerprint density at radius 1 is 1.00 bits per heavy atom. The molecule has 24 heavy (non-hydrogen) atoms. The van der Waals surface area contributed by atoms with Crippen molar-refractivity contribution < 1.29 is 31.9 Å². The van der Waals surface area contributed by atoms with Crippen LogP contribution in [0.2, 0.25) is 0 Å². The lowest BCUT2D eigenvalue weighted by molar-refractivity contribution is 0.225.